The van der Waals surface area contributed by atoms with Crippen molar-refractivity contribution in [3.05, 3.63) is 65.8 Å². The average molecular weight is 365 g/mol. The van der Waals surface area contributed by atoms with Gasteiger partial charge in [0.1, 0.15) is 5.82 Å². The number of anilines is 4. The van der Waals surface area contributed by atoms with Gasteiger partial charge in [0, 0.05) is 17.4 Å². The Kier molecular flexibility index (Phi) is 4.40. The second kappa shape index (κ2) is 7.16. The molecule has 2 heterocycles. The number of halogens is 1. The van der Waals surface area contributed by atoms with Gasteiger partial charge in [-0.25, -0.2) is 10.1 Å². The Morgan fingerprint density at radius 1 is 0.923 bits per heavy atom. The quantitative estimate of drug-likeness (QED) is 0.494. The summed E-state index contributed by atoms with van der Waals surface area (Å²) in [7, 11) is 0. The lowest BCUT2D eigenvalue weighted by atomic mass is 10.2. The summed E-state index contributed by atoms with van der Waals surface area (Å²) in [6.45, 7) is 0. The van der Waals surface area contributed by atoms with Crippen LogP contribution in [0.15, 0.2) is 60.8 Å². The molecule has 0 spiro atoms. The molecule has 0 aliphatic carbocycles. The summed E-state index contributed by atoms with van der Waals surface area (Å²) in [5.74, 6) is 1.72. The smallest absolute Gasteiger partial charge is 0.229 e. The van der Waals surface area contributed by atoms with Gasteiger partial charge in [0.05, 0.1) is 10.7 Å². The maximum atomic E-state index is 6.16. The number of rotatable bonds is 5. The molecule has 0 saturated heterocycles. The molecule has 4 rings (SSSR count). The van der Waals surface area contributed by atoms with Crippen molar-refractivity contribution in [2.24, 2.45) is 0 Å². The van der Waals surface area contributed by atoms with Crippen molar-refractivity contribution in [3.8, 4) is 11.4 Å². The summed E-state index contributed by atoms with van der Waals surface area (Å²) in [5.41, 5.74) is 2.51. The molecule has 2 aromatic carbocycles. The van der Waals surface area contributed by atoms with E-state index in [0.29, 0.717) is 22.6 Å². The molecule has 0 radical (unpaired) electrons. The molecule has 0 saturated carbocycles. The molecule has 0 aliphatic heterocycles. The van der Waals surface area contributed by atoms with Crippen LogP contribution in [-0.4, -0.2) is 30.6 Å². The van der Waals surface area contributed by atoms with Crippen LogP contribution in [0.4, 0.5) is 23.1 Å². The maximum Gasteiger partial charge on any atom is 0.229 e. The van der Waals surface area contributed by atoms with Crippen LogP contribution in [0.1, 0.15) is 0 Å². The van der Waals surface area contributed by atoms with Crippen LogP contribution >= 0.6 is 11.6 Å². The Morgan fingerprint density at radius 2 is 1.77 bits per heavy atom. The predicted octanol–water partition coefficient (Wildman–Crippen LogP) is 3.80. The van der Waals surface area contributed by atoms with Gasteiger partial charge in [-0.05, 0) is 52.9 Å². The van der Waals surface area contributed by atoms with Gasteiger partial charge in [-0.1, -0.05) is 23.7 Å². The fourth-order valence-electron chi connectivity index (χ4n) is 2.31. The van der Waals surface area contributed by atoms with Gasteiger partial charge >= 0.3 is 0 Å². The van der Waals surface area contributed by atoms with Crippen molar-refractivity contribution in [2.75, 3.05) is 10.6 Å². The molecule has 8 nitrogen and oxygen atoms in total. The zero-order valence-electron chi connectivity index (χ0n) is 13.4. The topological polar surface area (TPSA) is 104 Å². The van der Waals surface area contributed by atoms with Gasteiger partial charge in [-0.15, -0.1) is 5.10 Å². The van der Waals surface area contributed by atoms with E-state index in [0.717, 1.165) is 16.9 Å². The highest BCUT2D eigenvalue weighted by atomic mass is 35.5. The number of aromatic amines is 1. The van der Waals surface area contributed by atoms with E-state index in [-0.39, 0.29) is 0 Å². The van der Waals surface area contributed by atoms with Crippen molar-refractivity contribution in [3.63, 3.8) is 0 Å². The van der Waals surface area contributed by atoms with E-state index in [4.69, 9.17) is 11.6 Å². The molecule has 2 aromatic heterocycles. The number of hydrogen-bond acceptors (Lipinski definition) is 7. The van der Waals surface area contributed by atoms with E-state index in [2.05, 4.69) is 41.2 Å². The lowest BCUT2D eigenvalue weighted by Gasteiger charge is -2.09. The minimum Gasteiger partial charge on any atom is -0.339 e. The minimum absolute atomic E-state index is 0.469. The zero-order valence-corrected chi connectivity index (χ0v) is 14.1. The van der Waals surface area contributed by atoms with E-state index in [1.54, 1.807) is 12.3 Å². The third kappa shape index (κ3) is 3.60. The number of H-pyrrole nitrogens is 1. The number of para-hydroxylation sites is 1. The number of hydrogen-bond donors (Lipinski definition) is 3. The van der Waals surface area contributed by atoms with Gasteiger partial charge in [-0.2, -0.15) is 4.98 Å². The van der Waals surface area contributed by atoms with Gasteiger partial charge in [0.25, 0.3) is 0 Å². The summed E-state index contributed by atoms with van der Waals surface area (Å²) in [5, 5.41) is 20.7. The predicted molar refractivity (Wildman–Crippen MR) is 99.7 cm³/mol. The van der Waals surface area contributed by atoms with Crippen LogP contribution < -0.4 is 10.6 Å². The fraction of sp³-hybridized carbons (Fsp3) is 0. The van der Waals surface area contributed by atoms with E-state index in [1.165, 1.54) is 0 Å². The molecule has 128 valence electrons. The highest BCUT2D eigenvalue weighted by Crippen LogP contribution is 2.24. The first-order valence-electron chi connectivity index (χ1n) is 7.74. The van der Waals surface area contributed by atoms with Crippen LogP contribution in [-0.2, 0) is 0 Å². The Balaban J connectivity index is 1.49. The van der Waals surface area contributed by atoms with Crippen molar-refractivity contribution in [1.82, 2.24) is 30.6 Å². The summed E-state index contributed by atoms with van der Waals surface area (Å²) in [6, 6.07) is 16.8. The fourth-order valence-corrected chi connectivity index (χ4v) is 2.49. The molecule has 3 N–H and O–H groups in total. The van der Waals surface area contributed by atoms with E-state index in [1.807, 2.05) is 48.5 Å². The average Bonchev–Trinajstić information content (AvgIpc) is 3.19. The number of nitrogens with zero attached hydrogens (tertiary/aromatic N) is 5. The molecule has 0 unspecified atom stereocenters. The first-order valence-corrected chi connectivity index (χ1v) is 8.11. The summed E-state index contributed by atoms with van der Waals surface area (Å²) in [6.07, 6.45) is 1.67. The van der Waals surface area contributed by atoms with E-state index in [9.17, 15) is 0 Å². The second-order valence-corrected chi connectivity index (χ2v) is 5.73. The molecule has 0 amide bonds. The third-order valence-electron chi connectivity index (χ3n) is 3.55. The largest absolute Gasteiger partial charge is 0.339 e. The molecule has 0 fully saturated rings. The van der Waals surface area contributed by atoms with Gasteiger partial charge in [0.15, 0.2) is 5.82 Å². The van der Waals surface area contributed by atoms with Gasteiger partial charge in [-0.3, -0.25) is 0 Å². The molecule has 4 aromatic rings. The highest BCUT2D eigenvalue weighted by molar-refractivity contribution is 6.33. The SMILES string of the molecule is Clc1ccccc1Nc1ccnc(Nc2ccc(-c3nnn[nH]3)cc2)n1. The monoisotopic (exact) mass is 364 g/mol. The van der Waals surface area contributed by atoms with Crippen LogP contribution in [0.3, 0.4) is 0 Å². The first kappa shape index (κ1) is 16.0. The molecule has 0 atom stereocenters. The Labute approximate surface area is 153 Å². The van der Waals surface area contributed by atoms with Gasteiger partial charge < -0.3 is 10.6 Å². The lowest BCUT2D eigenvalue weighted by molar-refractivity contribution is 0.881. The number of tetrazole rings is 1. The first-order chi connectivity index (χ1) is 12.8. The minimum atomic E-state index is 0.469. The Bertz CT molecular complexity index is 1000. The van der Waals surface area contributed by atoms with Crippen molar-refractivity contribution in [2.45, 2.75) is 0 Å². The van der Waals surface area contributed by atoms with Crippen molar-refractivity contribution >= 4 is 34.7 Å². The number of nitrogens with one attached hydrogen (secondary N) is 3. The van der Waals surface area contributed by atoms with Crippen LogP contribution in [0.25, 0.3) is 11.4 Å². The molecule has 26 heavy (non-hydrogen) atoms. The zero-order chi connectivity index (χ0) is 17.8. The maximum absolute atomic E-state index is 6.16. The Hall–Kier alpha value is -3.52. The second-order valence-electron chi connectivity index (χ2n) is 5.32. The van der Waals surface area contributed by atoms with E-state index >= 15 is 0 Å². The molecular weight excluding hydrogens is 352 g/mol. The third-order valence-corrected chi connectivity index (χ3v) is 3.88. The molecule has 0 bridgehead atoms. The van der Waals surface area contributed by atoms with E-state index < -0.39 is 0 Å². The van der Waals surface area contributed by atoms with Crippen molar-refractivity contribution < 1.29 is 0 Å². The summed E-state index contributed by atoms with van der Waals surface area (Å²) < 4.78 is 0. The van der Waals surface area contributed by atoms with Crippen LogP contribution in [0.2, 0.25) is 5.02 Å². The molecular formula is C17H13ClN8. The lowest BCUT2D eigenvalue weighted by Crippen LogP contribution is -2.00. The van der Waals surface area contributed by atoms with Gasteiger partial charge in [0.2, 0.25) is 5.95 Å². The number of aromatic nitrogens is 6. The van der Waals surface area contributed by atoms with Crippen LogP contribution in [0, 0.1) is 0 Å². The molecule has 9 heteroatoms. The summed E-state index contributed by atoms with van der Waals surface area (Å²) >= 11 is 6.16. The van der Waals surface area contributed by atoms with Crippen LogP contribution in [0.5, 0.6) is 0 Å². The highest BCUT2D eigenvalue weighted by Gasteiger charge is 2.05. The standard InChI is InChI=1S/C17H13ClN8/c18-13-3-1-2-4-14(13)21-15-9-10-19-17(22-15)20-12-7-5-11(6-8-12)16-23-25-26-24-16/h1-10H,(H2,19,20,21,22)(H,23,24,25,26). The van der Waals surface area contributed by atoms with Crippen molar-refractivity contribution in [1.29, 1.82) is 0 Å². The normalized spacial score (nSPS) is 10.5. The molecule has 0 aliphatic rings. The summed E-state index contributed by atoms with van der Waals surface area (Å²) in [4.78, 5) is 8.68. The number of benzene rings is 2. The Morgan fingerprint density at radius 3 is 2.54 bits per heavy atom.